The number of nitrogens with zero attached hydrogens (tertiary/aromatic N) is 2. The van der Waals surface area contributed by atoms with Crippen molar-refractivity contribution in [3.05, 3.63) is 36.4 Å². The maximum atomic E-state index is 13.0. The van der Waals surface area contributed by atoms with Crippen LogP contribution in [-0.2, 0) is 19.5 Å². The second-order valence-electron chi connectivity index (χ2n) is 5.71. The summed E-state index contributed by atoms with van der Waals surface area (Å²) in [7, 11) is 4.69. The minimum atomic E-state index is -3.67. The molecule has 0 bridgehead atoms. The highest BCUT2D eigenvalue weighted by molar-refractivity contribution is 7.89. The van der Waals surface area contributed by atoms with Crippen LogP contribution in [0.3, 0.4) is 0 Å². The number of sulfonamides is 1. The third-order valence-corrected chi connectivity index (χ3v) is 5.84. The summed E-state index contributed by atoms with van der Waals surface area (Å²) in [5.74, 6) is 0. The number of ether oxygens (including phenoxy) is 2. The molecule has 0 atom stereocenters. The molecule has 132 valence electrons. The highest BCUT2D eigenvalue weighted by Crippen LogP contribution is 2.31. The summed E-state index contributed by atoms with van der Waals surface area (Å²) in [6, 6.07) is 11.0. The van der Waals surface area contributed by atoms with Gasteiger partial charge >= 0.3 is 0 Å². The second kappa shape index (κ2) is 7.48. The first-order valence-electron chi connectivity index (χ1n) is 7.54. The first-order valence-corrected chi connectivity index (χ1v) is 8.98. The zero-order valence-electron chi connectivity index (χ0n) is 14.7. The van der Waals surface area contributed by atoms with Crippen LogP contribution in [0, 0.1) is 0 Å². The molecule has 0 radical (unpaired) electrons. The van der Waals surface area contributed by atoms with Gasteiger partial charge in [0.25, 0.3) is 0 Å². The average Bonchev–Trinajstić information content (AvgIpc) is 2.57. The Morgan fingerprint density at radius 1 is 0.958 bits per heavy atom. The fourth-order valence-electron chi connectivity index (χ4n) is 2.60. The Bertz CT molecular complexity index is 801. The van der Waals surface area contributed by atoms with Crippen LogP contribution in [0.4, 0.5) is 5.69 Å². The van der Waals surface area contributed by atoms with Crippen LogP contribution in [0.15, 0.2) is 41.3 Å². The zero-order valence-corrected chi connectivity index (χ0v) is 15.5. The van der Waals surface area contributed by atoms with E-state index >= 15 is 0 Å². The van der Waals surface area contributed by atoms with Gasteiger partial charge in [0, 0.05) is 51.8 Å². The predicted octanol–water partition coefficient (Wildman–Crippen LogP) is 2.15. The van der Waals surface area contributed by atoms with Gasteiger partial charge in [-0.25, -0.2) is 8.42 Å². The molecular weight excluding hydrogens is 328 g/mol. The van der Waals surface area contributed by atoms with Gasteiger partial charge in [0.1, 0.15) is 0 Å². The largest absolute Gasteiger partial charge is 0.377 e. The lowest BCUT2D eigenvalue weighted by atomic mass is 10.1. The summed E-state index contributed by atoms with van der Waals surface area (Å²) in [5, 5.41) is 1.59. The first-order chi connectivity index (χ1) is 11.3. The van der Waals surface area contributed by atoms with Crippen LogP contribution in [0.1, 0.15) is 0 Å². The van der Waals surface area contributed by atoms with E-state index in [2.05, 4.69) is 0 Å². The van der Waals surface area contributed by atoms with Crippen molar-refractivity contribution in [3.8, 4) is 0 Å². The number of hydrogen-bond donors (Lipinski definition) is 0. The molecule has 6 nitrogen and oxygen atoms in total. The van der Waals surface area contributed by atoms with Gasteiger partial charge < -0.3 is 14.4 Å². The lowest BCUT2D eigenvalue weighted by Gasteiger charge is -2.23. The standard InChI is InChI=1S/C17H24N2O4S/c1-18(2)15-10-6-9-14-13(15)8-7-11-16(14)24(20,21)19(3)12-17(22-4)23-5/h6-11,17H,12H2,1-5H3. The molecule has 0 saturated heterocycles. The van der Waals surface area contributed by atoms with Gasteiger partial charge in [-0.3, -0.25) is 0 Å². The van der Waals surface area contributed by atoms with Crippen LogP contribution < -0.4 is 4.90 Å². The van der Waals surface area contributed by atoms with Crippen LogP contribution in [0.25, 0.3) is 10.8 Å². The van der Waals surface area contributed by atoms with Crippen LogP contribution in [0.5, 0.6) is 0 Å². The quantitative estimate of drug-likeness (QED) is 0.715. The maximum absolute atomic E-state index is 13.0. The Hall–Kier alpha value is -1.67. The van der Waals surface area contributed by atoms with E-state index in [0.29, 0.717) is 5.39 Å². The Morgan fingerprint density at radius 2 is 1.54 bits per heavy atom. The molecule has 0 unspecified atom stereocenters. The lowest BCUT2D eigenvalue weighted by molar-refractivity contribution is -0.106. The summed E-state index contributed by atoms with van der Waals surface area (Å²) in [4.78, 5) is 2.24. The fourth-order valence-corrected chi connectivity index (χ4v) is 3.96. The maximum Gasteiger partial charge on any atom is 0.243 e. The van der Waals surface area contributed by atoms with Crippen LogP contribution >= 0.6 is 0 Å². The number of anilines is 1. The summed E-state index contributed by atoms with van der Waals surface area (Å²) in [5.41, 5.74) is 0.971. The van der Waals surface area contributed by atoms with E-state index in [1.165, 1.54) is 25.6 Å². The van der Waals surface area contributed by atoms with Crippen LogP contribution in [0.2, 0.25) is 0 Å². The van der Waals surface area contributed by atoms with Gasteiger partial charge in [-0.1, -0.05) is 24.3 Å². The molecule has 0 aromatic heterocycles. The highest BCUT2D eigenvalue weighted by Gasteiger charge is 2.26. The molecule has 0 fully saturated rings. The summed E-state index contributed by atoms with van der Waals surface area (Å²) >= 11 is 0. The molecule has 0 aliphatic carbocycles. The van der Waals surface area contributed by atoms with Crippen molar-refractivity contribution in [1.29, 1.82) is 0 Å². The smallest absolute Gasteiger partial charge is 0.243 e. The number of rotatable bonds is 7. The normalized spacial score (nSPS) is 12.3. The Kier molecular flexibility index (Phi) is 5.82. The third kappa shape index (κ3) is 3.54. The van der Waals surface area contributed by atoms with Crippen molar-refractivity contribution < 1.29 is 17.9 Å². The van der Waals surface area contributed by atoms with E-state index in [4.69, 9.17) is 9.47 Å². The molecule has 0 heterocycles. The predicted molar refractivity (Wildman–Crippen MR) is 95.9 cm³/mol. The van der Waals surface area contributed by atoms with Crippen molar-refractivity contribution in [1.82, 2.24) is 4.31 Å². The molecule has 0 aliphatic rings. The average molecular weight is 352 g/mol. The summed E-state index contributed by atoms with van der Waals surface area (Å²) in [6.07, 6.45) is -0.614. The Morgan fingerprint density at radius 3 is 2.12 bits per heavy atom. The van der Waals surface area contributed by atoms with Gasteiger partial charge in [-0.15, -0.1) is 0 Å². The number of benzene rings is 2. The van der Waals surface area contributed by atoms with Crippen molar-refractivity contribution in [2.75, 3.05) is 46.8 Å². The van der Waals surface area contributed by atoms with Crippen LogP contribution in [-0.4, -0.2) is 60.9 Å². The molecular formula is C17H24N2O4S. The highest BCUT2D eigenvalue weighted by atomic mass is 32.2. The molecule has 0 N–H and O–H groups in total. The Labute approximate surface area is 143 Å². The molecule has 0 amide bonds. The molecule has 24 heavy (non-hydrogen) atoms. The Balaban J connectivity index is 2.53. The fraction of sp³-hybridized carbons (Fsp3) is 0.412. The molecule has 7 heteroatoms. The number of fused-ring (bicyclic) bond motifs is 1. The minimum Gasteiger partial charge on any atom is -0.377 e. The topological polar surface area (TPSA) is 59.1 Å². The van der Waals surface area contributed by atoms with Gasteiger partial charge in [0.2, 0.25) is 10.0 Å². The molecule has 2 aromatic carbocycles. The van der Waals surface area contributed by atoms with E-state index in [1.54, 1.807) is 12.1 Å². The third-order valence-electron chi connectivity index (χ3n) is 3.96. The van der Waals surface area contributed by atoms with E-state index in [1.807, 2.05) is 43.3 Å². The van der Waals surface area contributed by atoms with E-state index in [9.17, 15) is 8.42 Å². The van der Waals surface area contributed by atoms with Gasteiger partial charge in [-0.05, 0) is 12.1 Å². The van der Waals surface area contributed by atoms with Crippen molar-refractivity contribution >= 4 is 26.5 Å². The number of likely N-dealkylation sites (N-methyl/N-ethyl adjacent to an activating group) is 1. The molecule has 2 aromatic rings. The van der Waals surface area contributed by atoms with Gasteiger partial charge in [0.05, 0.1) is 11.4 Å². The van der Waals surface area contributed by atoms with E-state index in [-0.39, 0.29) is 11.4 Å². The minimum absolute atomic E-state index is 0.110. The summed E-state index contributed by atoms with van der Waals surface area (Å²) < 4.78 is 37.5. The van der Waals surface area contributed by atoms with Crippen molar-refractivity contribution in [3.63, 3.8) is 0 Å². The van der Waals surface area contributed by atoms with Crippen molar-refractivity contribution in [2.24, 2.45) is 0 Å². The summed E-state index contributed by atoms with van der Waals surface area (Å²) in [6.45, 7) is 0.110. The van der Waals surface area contributed by atoms with E-state index in [0.717, 1.165) is 11.1 Å². The lowest BCUT2D eigenvalue weighted by Crippen LogP contribution is -2.36. The van der Waals surface area contributed by atoms with E-state index < -0.39 is 16.3 Å². The zero-order chi connectivity index (χ0) is 17.9. The monoisotopic (exact) mass is 352 g/mol. The second-order valence-corrected chi connectivity index (χ2v) is 7.72. The van der Waals surface area contributed by atoms with Gasteiger partial charge in [0.15, 0.2) is 6.29 Å². The SMILES string of the molecule is COC(CN(C)S(=O)(=O)c1cccc2c(N(C)C)cccc12)OC. The number of methoxy groups -OCH3 is 2. The molecule has 0 saturated carbocycles. The molecule has 0 spiro atoms. The molecule has 0 aliphatic heterocycles. The number of hydrogen-bond acceptors (Lipinski definition) is 5. The molecule has 2 rings (SSSR count). The van der Waals surface area contributed by atoms with Gasteiger partial charge in [-0.2, -0.15) is 4.31 Å². The first kappa shape index (κ1) is 18.7. The van der Waals surface area contributed by atoms with Crippen molar-refractivity contribution in [2.45, 2.75) is 11.2 Å².